The van der Waals surface area contributed by atoms with E-state index in [0.717, 1.165) is 13.1 Å². The largest absolute Gasteiger partial charge is 0.353 e. The van der Waals surface area contributed by atoms with Gasteiger partial charge in [0.15, 0.2) is 0 Å². The van der Waals surface area contributed by atoms with Gasteiger partial charge in [0.1, 0.15) is 0 Å². The summed E-state index contributed by atoms with van der Waals surface area (Å²) < 4.78 is 0. The molecule has 4 heteroatoms. The minimum absolute atomic E-state index is 0.000359. The highest BCUT2D eigenvalue weighted by atomic mass is 16.2. The molecule has 0 unspecified atom stereocenters. The van der Waals surface area contributed by atoms with Crippen LogP contribution >= 0.6 is 0 Å². The van der Waals surface area contributed by atoms with Crippen LogP contribution in [0.15, 0.2) is 60.7 Å². The first-order valence-electron chi connectivity index (χ1n) is 8.28. The highest BCUT2D eigenvalue weighted by molar-refractivity contribution is 5.78. The number of nitrogens with one attached hydrogen (secondary N) is 1. The van der Waals surface area contributed by atoms with Crippen molar-refractivity contribution in [2.75, 3.05) is 13.1 Å². The van der Waals surface area contributed by atoms with E-state index < -0.39 is 5.54 Å². The van der Waals surface area contributed by atoms with Crippen molar-refractivity contribution in [3.8, 4) is 0 Å². The summed E-state index contributed by atoms with van der Waals surface area (Å²) in [4.78, 5) is 14.4. The molecule has 2 aromatic rings. The lowest BCUT2D eigenvalue weighted by molar-refractivity contribution is -0.122. The molecule has 4 nitrogen and oxygen atoms in total. The number of amides is 1. The van der Waals surface area contributed by atoms with Crippen molar-refractivity contribution >= 4 is 5.91 Å². The Bertz CT molecular complexity index is 579. The second-order valence-corrected chi connectivity index (χ2v) is 6.88. The molecule has 0 heterocycles. The molecule has 0 aliphatic carbocycles. The maximum Gasteiger partial charge on any atom is 0.234 e. The van der Waals surface area contributed by atoms with Gasteiger partial charge in [-0.1, -0.05) is 60.7 Å². The number of rotatable bonds is 8. The van der Waals surface area contributed by atoms with Crippen LogP contribution in [-0.4, -0.2) is 29.4 Å². The zero-order valence-electron chi connectivity index (χ0n) is 14.5. The van der Waals surface area contributed by atoms with Gasteiger partial charge in [0.2, 0.25) is 5.91 Å². The Labute approximate surface area is 144 Å². The van der Waals surface area contributed by atoms with Crippen molar-refractivity contribution in [1.82, 2.24) is 10.2 Å². The normalized spacial score (nSPS) is 11.5. The van der Waals surface area contributed by atoms with Crippen molar-refractivity contribution in [3.05, 3.63) is 71.8 Å². The standard InChI is InChI=1S/C20H27N3O/c1-20(2,21)16-22-19(24)15-23(13-17-9-5-3-6-10-17)14-18-11-7-4-8-12-18/h3-12H,13-16,21H2,1-2H3,(H,22,24). The van der Waals surface area contributed by atoms with E-state index in [-0.39, 0.29) is 5.91 Å². The molecule has 128 valence electrons. The summed E-state index contributed by atoms with van der Waals surface area (Å²) in [5, 5.41) is 2.92. The lowest BCUT2D eigenvalue weighted by Gasteiger charge is -2.24. The van der Waals surface area contributed by atoms with Gasteiger partial charge < -0.3 is 11.1 Å². The summed E-state index contributed by atoms with van der Waals surface area (Å²) in [5.41, 5.74) is 7.92. The van der Waals surface area contributed by atoms with E-state index in [9.17, 15) is 4.79 Å². The zero-order valence-corrected chi connectivity index (χ0v) is 14.5. The Balaban J connectivity index is 2.00. The van der Waals surface area contributed by atoms with Gasteiger partial charge in [-0.2, -0.15) is 0 Å². The van der Waals surface area contributed by atoms with Crippen LogP contribution in [0.4, 0.5) is 0 Å². The highest BCUT2D eigenvalue weighted by Crippen LogP contribution is 2.09. The van der Waals surface area contributed by atoms with Crippen molar-refractivity contribution < 1.29 is 4.79 Å². The average Bonchev–Trinajstić information content (AvgIpc) is 2.54. The Morgan fingerprint density at radius 1 is 0.958 bits per heavy atom. The first-order valence-corrected chi connectivity index (χ1v) is 8.28. The van der Waals surface area contributed by atoms with Crippen LogP contribution in [0.5, 0.6) is 0 Å². The van der Waals surface area contributed by atoms with Crippen LogP contribution in [0.2, 0.25) is 0 Å². The minimum Gasteiger partial charge on any atom is -0.353 e. The molecule has 3 N–H and O–H groups in total. The van der Waals surface area contributed by atoms with Gasteiger partial charge in [-0.15, -0.1) is 0 Å². The molecule has 0 radical (unpaired) electrons. The van der Waals surface area contributed by atoms with Crippen molar-refractivity contribution in [2.24, 2.45) is 5.73 Å². The second kappa shape index (κ2) is 8.62. The fraction of sp³-hybridized carbons (Fsp3) is 0.350. The summed E-state index contributed by atoms with van der Waals surface area (Å²) in [6, 6.07) is 20.4. The van der Waals surface area contributed by atoms with Crippen molar-refractivity contribution in [2.45, 2.75) is 32.5 Å². The third-order valence-electron chi connectivity index (χ3n) is 3.61. The SMILES string of the molecule is CC(C)(N)CNC(=O)CN(Cc1ccccc1)Cc1ccccc1. The van der Waals surface area contributed by atoms with Gasteiger partial charge in [-0.3, -0.25) is 9.69 Å². The lowest BCUT2D eigenvalue weighted by Crippen LogP contribution is -2.47. The predicted octanol–water partition coefficient (Wildman–Crippen LogP) is 2.54. The van der Waals surface area contributed by atoms with Gasteiger partial charge >= 0.3 is 0 Å². The topological polar surface area (TPSA) is 58.4 Å². The van der Waals surface area contributed by atoms with E-state index in [1.54, 1.807) is 0 Å². The maximum absolute atomic E-state index is 12.3. The van der Waals surface area contributed by atoms with Gasteiger partial charge in [0, 0.05) is 25.2 Å². The van der Waals surface area contributed by atoms with Gasteiger partial charge in [0.05, 0.1) is 6.54 Å². The molecule has 0 aromatic heterocycles. The molecule has 0 atom stereocenters. The molecule has 0 spiro atoms. The summed E-state index contributed by atoms with van der Waals surface area (Å²) in [6.45, 7) is 6.08. The number of benzene rings is 2. The van der Waals surface area contributed by atoms with Crippen LogP contribution in [0.25, 0.3) is 0 Å². The van der Waals surface area contributed by atoms with E-state index in [1.807, 2.05) is 50.2 Å². The summed E-state index contributed by atoms with van der Waals surface area (Å²) in [6.07, 6.45) is 0. The number of hydrogen-bond donors (Lipinski definition) is 2. The molecular weight excluding hydrogens is 298 g/mol. The van der Waals surface area contributed by atoms with Crippen LogP contribution < -0.4 is 11.1 Å². The predicted molar refractivity (Wildman–Crippen MR) is 98.3 cm³/mol. The van der Waals surface area contributed by atoms with Gasteiger partial charge in [-0.25, -0.2) is 0 Å². The van der Waals surface area contributed by atoms with Crippen molar-refractivity contribution in [3.63, 3.8) is 0 Å². The van der Waals surface area contributed by atoms with Crippen LogP contribution in [0.3, 0.4) is 0 Å². The molecular formula is C20H27N3O. The number of carbonyl (C=O) groups excluding carboxylic acids is 1. The fourth-order valence-electron chi connectivity index (χ4n) is 2.44. The van der Waals surface area contributed by atoms with Crippen LogP contribution in [0, 0.1) is 0 Å². The number of nitrogens with zero attached hydrogens (tertiary/aromatic N) is 1. The van der Waals surface area contributed by atoms with E-state index >= 15 is 0 Å². The third kappa shape index (κ3) is 6.94. The van der Waals surface area contributed by atoms with Gasteiger partial charge in [-0.05, 0) is 25.0 Å². The highest BCUT2D eigenvalue weighted by Gasteiger charge is 2.15. The molecule has 0 aliphatic rings. The smallest absolute Gasteiger partial charge is 0.234 e. The first kappa shape index (κ1) is 18.2. The number of nitrogens with two attached hydrogens (primary N) is 1. The molecule has 24 heavy (non-hydrogen) atoms. The summed E-state index contributed by atoms with van der Waals surface area (Å²) >= 11 is 0. The average molecular weight is 325 g/mol. The molecule has 1 amide bonds. The summed E-state index contributed by atoms with van der Waals surface area (Å²) in [7, 11) is 0. The van der Waals surface area contributed by atoms with Crippen molar-refractivity contribution in [1.29, 1.82) is 0 Å². The minimum atomic E-state index is -0.403. The Hall–Kier alpha value is -2.17. The third-order valence-corrected chi connectivity index (χ3v) is 3.61. The Kier molecular flexibility index (Phi) is 6.53. The van der Waals surface area contributed by atoms with Crippen LogP contribution in [-0.2, 0) is 17.9 Å². The number of hydrogen-bond acceptors (Lipinski definition) is 3. The van der Waals surface area contributed by atoms with E-state index in [2.05, 4.69) is 34.5 Å². The van der Waals surface area contributed by atoms with E-state index in [1.165, 1.54) is 11.1 Å². The molecule has 2 aromatic carbocycles. The first-order chi connectivity index (χ1) is 11.4. The molecule has 0 bridgehead atoms. The zero-order chi connectivity index (χ0) is 17.4. The molecule has 2 rings (SSSR count). The second-order valence-electron chi connectivity index (χ2n) is 6.88. The maximum atomic E-state index is 12.3. The van der Waals surface area contributed by atoms with E-state index in [0.29, 0.717) is 13.1 Å². The molecule has 0 aliphatic heterocycles. The summed E-state index contributed by atoms with van der Waals surface area (Å²) in [5.74, 6) is 0.000359. The lowest BCUT2D eigenvalue weighted by atomic mass is 10.1. The van der Waals surface area contributed by atoms with Gasteiger partial charge in [0.25, 0.3) is 0 Å². The monoisotopic (exact) mass is 325 g/mol. The number of carbonyl (C=O) groups is 1. The molecule has 0 fully saturated rings. The quantitative estimate of drug-likeness (QED) is 0.784. The fourth-order valence-corrected chi connectivity index (χ4v) is 2.44. The van der Waals surface area contributed by atoms with E-state index in [4.69, 9.17) is 5.73 Å². The van der Waals surface area contributed by atoms with Crippen LogP contribution in [0.1, 0.15) is 25.0 Å². The molecule has 0 saturated heterocycles. The molecule has 0 saturated carbocycles. The Morgan fingerprint density at radius 2 is 1.42 bits per heavy atom. The Morgan fingerprint density at radius 3 is 1.83 bits per heavy atom.